The number of amides is 1. The predicted molar refractivity (Wildman–Crippen MR) is 99.8 cm³/mol. The lowest BCUT2D eigenvalue weighted by molar-refractivity contribution is -0.114. The Morgan fingerprint density at radius 3 is 2.78 bits per heavy atom. The van der Waals surface area contributed by atoms with Crippen LogP contribution >= 0.6 is 0 Å². The van der Waals surface area contributed by atoms with Crippen LogP contribution in [0.5, 0.6) is 0 Å². The van der Waals surface area contributed by atoms with Gasteiger partial charge in [0.25, 0.3) is 0 Å². The van der Waals surface area contributed by atoms with Crippen molar-refractivity contribution in [3.8, 4) is 11.1 Å². The van der Waals surface area contributed by atoms with Crippen molar-refractivity contribution in [1.29, 1.82) is 0 Å². The summed E-state index contributed by atoms with van der Waals surface area (Å²) in [6.45, 7) is 1.86. The number of nitrogens with one attached hydrogen (secondary N) is 2. The SMILES string of the molecule is COCCNS(=O)(=O)c1cccc(-c2ccc3nc(NC(C)=O)nn3c2)c1. The standard InChI is InChI=1S/C17H19N5O4S/c1-12(23)19-17-20-16-7-6-14(11-22(16)21-17)13-4-3-5-15(10-13)27(24,25)18-8-9-26-2/h3-7,10-11,18H,8-9H2,1-2H3,(H,19,21,23). The number of carbonyl (C=O) groups is 1. The van der Waals surface area contributed by atoms with Gasteiger partial charge in [-0.3, -0.25) is 10.1 Å². The number of hydrogen-bond acceptors (Lipinski definition) is 6. The zero-order valence-electron chi connectivity index (χ0n) is 14.8. The van der Waals surface area contributed by atoms with Crippen molar-refractivity contribution in [1.82, 2.24) is 19.3 Å². The van der Waals surface area contributed by atoms with Gasteiger partial charge in [-0.1, -0.05) is 12.1 Å². The number of benzene rings is 1. The van der Waals surface area contributed by atoms with Crippen LogP contribution in [0, 0.1) is 0 Å². The number of anilines is 1. The van der Waals surface area contributed by atoms with Gasteiger partial charge < -0.3 is 4.74 Å². The fraction of sp³-hybridized carbons (Fsp3) is 0.235. The summed E-state index contributed by atoms with van der Waals surface area (Å²) in [5.74, 6) is -0.0525. The summed E-state index contributed by atoms with van der Waals surface area (Å²) in [6.07, 6.45) is 1.72. The Labute approximate surface area is 156 Å². The third-order valence-electron chi connectivity index (χ3n) is 3.69. The number of nitrogens with zero attached hydrogens (tertiary/aromatic N) is 3. The highest BCUT2D eigenvalue weighted by molar-refractivity contribution is 7.89. The Morgan fingerprint density at radius 2 is 2.04 bits per heavy atom. The van der Waals surface area contributed by atoms with Crippen LogP contribution in [0.2, 0.25) is 0 Å². The second-order valence-corrected chi connectivity index (χ2v) is 7.52. The van der Waals surface area contributed by atoms with Crippen LogP contribution in [0.3, 0.4) is 0 Å². The molecule has 3 rings (SSSR count). The van der Waals surface area contributed by atoms with E-state index in [-0.39, 0.29) is 23.3 Å². The molecule has 0 atom stereocenters. The summed E-state index contributed by atoms with van der Waals surface area (Å²) < 4.78 is 33.6. The summed E-state index contributed by atoms with van der Waals surface area (Å²) in [4.78, 5) is 15.5. The Kier molecular flexibility index (Phi) is 5.49. The van der Waals surface area contributed by atoms with E-state index in [1.807, 2.05) is 6.07 Å². The van der Waals surface area contributed by atoms with Crippen LogP contribution in [-0.4, -0.2) is 49.2 Å². The molecule has 3 aromatic rings. The highest BCUT2D eigenvalue weighted by Gasteiger charge is 2.14. The third-order valence-corrected chi connectivity index (χ3v) is 5.15. The number of fused-ring (bicyclic) bond motifs is 1. The molecule has 1 aromatic carbocycles. The Bertz CT molecular complexity index is 1080. The smallest absolute Gasteiger partial charge is 0.249 e. The second-order valence-electron chi connectivity index (χ2n) is 5.76. The van der Waals surface area contributed by atoms with Crippen molar-refractivity contribution in [2.45, 2.75) is 11.8 Å². The molecule has 0 saturated carbocycles. The minimum absolute atomic E-state index is 0.161. The van der Waals surface area contributed by atoms with Crippen LogP contribution in [0.25, 0.3) is 16.8 Å². The molecule has 0 fully saturated rings. The molecule has 1 amide bonds. The van der Waals surface area contributed by atoms with Gasteiger partial charge in [-0.2, -0.15) is 4.98 Å². The Morgan fingerprint density at radius 1 is 1.22 bits per heavy atom. The summed E-state index contributed by atoms with van der Waals surface area (Å²) in [5.41, 5.74) is 2.03. The topological polar surface area (TPSA) is 115 Å². The molecule has 0 spiro atoms. The van der Waals surface area contributed by atoms with Crippen molar-refractivity contribution in [2.75, 3.05) is 25.6 Å². The van der Waals surface area contributed by atoms with Crippen LogP contribution in [0.1, 0.15) is 6.92 Å². The van der Waals surface area contributed by atoms with E-state index in [4.69, 9.17) is 4.74 Å². The van der Waals surface area contributed by atoms with E-state index in [0.717, 1.165) is 5.56 Å². The number of aromatic nitrogens is 3. The molecule has 142 valence electrons. The molecule has 10 heteroatoms. The predicted octanol–water partition coefficient (Wildman–Crippen LogP) is 1.28. The molecular formula is C17H19N5O4S. The van der Waals surface area contributed by atoms with Gasteiger partial charge in [-0.15, -0.1) is 5.10 Å². The molecule has 0 radical (unpaired) electrons. The van der Waals surface area contributed by atoms with E-state index in [9.17, 15) is 13.2 Å². The lowest BCUT2D eigenvalue weighted by Gasteiger charge is -2.08. The molecule has 0 unspecified atom stereocenters. The van der Waals surface area contributed by atoms with Gasteiger partial charge in [-0.05, 0) is 29.8 Å². The molecular weight excluding hydrogens is 370 g/mol. The van der Waals surface area contributed by atoms with E-state index in [2.05, 4.69) is 20.1 Å². The van der Waals surface area contributed by atoms with Crippen LogP contribution in [0.4, 0.5) is 5.95 Å². The zero-order chi connectivity index (χ0) is 19.4. The highest BCUT2D eigenvalue weighted by Crippen LogP contribution is 2.23. The van der Waals surface area contributed by atoms with Gasteiger partial charge in [0.1, 0.15) is 0 Å². The maximum absolute atomic E-state index is 12.4. The Hall–Kier alpha value is -2.82. The molecule has 0 aliphatic heterocycles. The lowest BCUT2D eigenvalue weighted by Crippen LogP contribution is -2.27. The van der Waals surface area contributed by atoms with Crippen molar-refractivity contribution in [2.24, 2.45) is 0 Å². The van der Waals surface area contributed by atoms with Crippen molar-refractivity contribution in [3.05, 3.63) is 42.6 Å². The normalized spacial score (nSPS) is 11.6. The second kappa shape index (κ2) is 7.82. The number of sulfonamides is 1. The van der Waals surface area contributed by atoms with E-state index in [1.54, 1.807) is 30.5 Å². The summed E-state index contributed by atoms with van der Waals surface area (Å²) in [5, 5.41) is 6.72. The van der Waals surface area contributed by atoms with E-state index < -0.39 is 10.0 Å². The lowest BCUT2D eigenvalue weighted by atomic mass is 10.1. The molecule has 9 nitrogen and oxygen atoms in total. The molecule has 2 heterocycles. The molecule has 2 N–H and O–H groups in total. The number of rotatable bonds is 7. The highest BCUT2D eigenvalue weighted by atomic mass is 32.2. The average molecular weight is 389 g/mol. The number of carbonyl (C=O) groups excluding carboxylic acids is 1. The molecule has 0 aliphatic carbocycles. The monoisotopic (exact) mass is 389 g/mol. The first-order valence-corrected chi connectivity index (χ1v) is 9.60. The summed E-state index contributed by atoms with van der Waals surface area (Å²) in [7, 11) is -2.12. The minimum atomic E-state index is -3.63. The quantitative estimate of drug-likeness (QED) is 0.588. The fourth-order valence-electron chi connectivity index (χ4n) is 2.47. The molecule has 0 saturated heterocycles. The number of pyridine rings is 1. The van der Waals surface area contributed by atoms with Gasteiger partial charge in [-0.25, -0.2) is 17.7 Å². The number of ether oxygens (including phenoxy) is 1. The van der Waals surface area contributed by atoms with Gasteiger partial charge >= 0.3 is 0 Å². The first kappa shape index (κ1) is 19.0. The van der Waals surface area contributed by atoms with Gasteiger partial charge in [0, 0.05) is 32.3 Å². The van der Waals surface area contributed by atoms with Crippen LogP contribution in [-0.2, 0) is 19.6 Å². The maximum atomic E-state index is 12.4. The average Bonchev–Trinajstić information content (AvgIpc) is 3.02. The molecule has 0 aliphatic rings. The van der Waals surface area contributed by atoms with E-state index in [0.29, 0.717) is 17.8 Å². The van der Waals surface area contributed by atoms with Gasteiger partial charge in [0.15, 0.2) is 5.65 Å². The molecule has 0 bridgehead atoms. The van der Waals surface area contributed by atoms with Gasteiger partial charge in [0.2, 0.25) is 21.9 Å². The van der Waals surface area contributed by atoms with Crippen molar-refractivity contribution < 1.29 is 17.9 Å². The van der Waals surface area contributed by atoms with E-state index >= 15 is 0 Å². The van der Waals surface area contributed by atoms with Gasteiger partial charge in [0.05, 0.1) is 11.5 Å². The largest absolute Gasteiger partial charge is 0.383 e. The van der Waals surface area contributed by atoms with Crippen LogP contribution < -0.4 is 10.0 Å². The van der Waals surface area contributed by atoms with E-state index in [1.165, 1.54) is 24.6 Å². The first-order chi connectivity index (χ1) is 12.9. The third kappa shape index (κ3) is 4.48. The summed E-state index contributed by atoms with van der Waals surface area (Å²) in [6, 6.07) is 10.1. The fourth-order valence-corrected chi connectivity index (χ4v) is 3.53. The van der Waals surface area contributed by atoms with Crippen molar-refractivity contribution in [3.63, 3.8) is 0 Å². The first-order valence-electron chi connectivity index (χ1n) is 8.12. The van der Waals surface area contributed by atoms with Crippen LogP contribution in [0.15, 0.2) is 47.5 Å². The maximum Gasteiger partial charge on any atom is 0.249 e. The minimum Gasteiger partial charge on any atom is -0.383 e. The summed E-state index contributed by atoms with van der Waals surface area (Å²) >= 11 is 0. The zero-order valence-corrected chi connectivity index (χ0v) is 15.7. The molecule has 27 heavy (non-hydrogen) atoms. The molecule has 2 aromatic heterocycles. The number of methoxy groups -OCH3 is 1. The Balaban J connectivity index is 1.91. The number of hydrogen-bond donors (Lipinski definition) is 2. The van der Waals surface area contributed by atoms with Crippen molar-refractivity contribution >= 4 is 27.5 Å².